The maximum atomic E-state index is 11.3. The van der Waals surface area contributed by atoms with Gasteiger partial charge in [0.1, 0.15) is 0 Å². The molecule has 0 unspecified atom stereocenters. The Labute approximate surface area is 126 Å². The van der Waals surface area contributed by atoms with Gasteiger partial charge in [-0.05, 0) is 29.9 Å². The second-order valence-corrected chi connectivity index (χ2v) is 7.91. The topological polar surface area (TPSA) is 84.5 Å². The van der Waals surface area contributed by atoms with Crippen LogP contribution < -0.4 is 11.1 Å². The average Bonchev–Trinajstić information content (AvgIpc) is 2.33. The van der Waals surface area contributed by atoms with Crippen molar-refractivity contribution >= 4 is 15.8 Å². The van der Waals surface area contributed by atoms with Gasteiger partial charge in [0.2, 0.25) is 0 Å². The molecule has 0 spiro atoms. The van der Waals surface area contributed by atoms with E-state index >= 15 is 0 Å². The van der Waals surface area contributed by atoms with Crippen LogP contribution in [0.25, 0.3) is 0 Å². The number of nitrogens with two attached hydrogens (primary N) is 1. The number of benzene rings is 1. The standard InChI is InChI=1S/C15H23N3O2S/c1-21(19,20)11-14-7-3-6-13(8-14)10-18-15(16)17-9-12-4-2-5-12/h3,6-8,12H,2,4-5,9-11H2,1H3,(H3,16,17,18). The van der Waals surface area contributed by atoms with Crippen LogP contribution >= 0.6 is 0 Å². The van der Waals surface area contributed by atoms with Gasteiger partial charge in [-0.3, -0.25) is 0 Å². The zero-order valence-electron chi connectivity index (χ0n) is 12.4. The van der Waals surface area contributed by atoms with Crippen molar-refractivity contribution in [2.45, 2.75) is 31.6 Å². The lowest BCUT2D eigenvalue weighted by Gasteiger charge is -2.25. The van der Waals surface area contributed by atoms with E-state index in [0.29, 0.717) is 12.5 Å². The summed E-state index contributed by atoms with van der Waals surface area (Å²) in [5, 5.41) is 3.14. The molecule has 0 bridgehead atoms. The Bertz CT molecular complexity index is 607. The Hall–Kier alpha value is -1.56. The van der Waals surface area contributed by atoms with Crippen molar-refractivity contribution in [1.29, 1.82) is 0 Å². The molecule has 1 aromatic rings. The minimum atomic E-state index is -3.01. The normalized spacial score (nSPS) is 16.5. The second kappa shape index (κ2) is 6.93. The van der Waals surface area contributed by atoms with Gasteiger partial charge in [-0.25, -0.2) is 13.4 Å². The zero-order valence-corrected chi connectivity index (χ0v) is 13.2. The van der Waals surface area contributed by atoms with Crippen LogP contribution in [-0.4, -0.2) is 27.2 Å². The number of hydrogen-bond acceptors (Lipinski definition) is 3. The summed E-state index contributed by atoms with van der Waals surface area (Å²) in [5.41, 5.74) is 7.58. The number of nitrogens with one attached hydrogen (secondary N) is 1. The number of guanidine groups is 1. The van der Waals surface area contributed by atoms with Gasteiger partial charge < -0.3 is 11.1 Å². The SMILES string of the molecule is CS(=O)(=O)Cc1cccc(CN=C(N)NCC2CCC2)c1. The van der Waals surface area contributed by atoms with Gasteiger partial charge >= 0.3 is 0 Å². The van der Waals surface area contributed by atoms with Crippen LogP contribution in [0.4, 0.5) is 0 Å². The van der Waals surface area contributed by atoms with Gasteiger partial charge in [-0.2, -0.15) is 0 Å². The van der Waals surface area contributed by atoms with Crippen LogP contribution in [0.15, 0.2) is 29.3 Å². The van der Waals surface area contributed by atoms with E-state index in [0.717, 1.165) is 23.6 Å². The number of hydrogen-bond donors (Lipinski definition) is 2. The first-order valence-corrected chi connectivity index (χ1v) is 9.28. The maximum absolute atomic E-state index is 11.3. The molecule has 0 aliphatic heterocycles. The quantitative estimate of drug-likeness (QED) is 0.615. The van der Waals surface area contributed by atoms with Crippen molar-refractivity contribution in [3.05, 3.63) is 35.4 Å². The van der Waals surface area contributed by atoms with Gasteiger partial charge in [0.15, 0.2) is 15.8 Å². The Balaban J connectivity index is 1.88. The molecule has 1 aromatic carbocycles. The monoisotopic (exact) mass is 309 g/mol. The number of sulfone groups is 1. The zero-order chi connectivity index (χ0) is 15.3. The van der Waals surface area contributed by atoms with Crippen molar-refractivity contribution in [1.82, 2.24) is 5.32 Å². The highest BCUT2D eigenvalue weighted by molar-refractivity contribution is 7.89. The summed E-state index contributed by atoms with van der Waals surface area (Å²) in [6.45, 7) is 1.35. The molecule has 1 aliphatic rings. The number of rotatable bonds is 6. The molecule has 6 heteroatoms. The van der Waals surface area contributed by atoms with E-state index in [1.54, 1.807) is 0 Å². The fraction of sp³-hybridized carbons (Fsp3) is 0.533. The van der Waals surface area contributed by atoms with E-state index in [2.05, 4.69) is 10.3 Å². The first-order valence-electron chi connectivity index (χ1n) is 7.22. The highest BCUT2D eigenvalue weighted by Crippen LogP contribution is 2.24. The largest absolute Gasteiger partial charge is 0.370 e. The van der Waals surface area contributed by atoms with E-state index in [1.165, 1.54) is 25.5 Å². The lowest BCUT2D eigenvalue weighted by molar-refractivity contribution is 0.315. The highest BCUT2D eigenvalue weighted by atomic mass is 32.2. The van der Waals surface area contributed by atoms with Crippen molar-refractivity contribution in [3.63, 3.8) is 0 Å². The third-order valence-electron chi connectivity index (χ3n) is 3.65. The van der Waals surface area contributed by atoms with Crippen molar-refractivity contribution in [2.24, 2.45) is 16.6 Å². The van der Waals surface area contributed by atoms with Gasteiger partial charge in [-0.1, -0.05) is 30.7 Å². The minimum absolute atomic E-state index is 0.0555. The third kappa shape index (κ3) is 5.75. The minimum Gasteiger partial charge on any atom is -0.370 e. The Morgan fingerprint density at radius 2 is 2.10 bits per heavy atom. The van der Waals surface area contributed by atoms with E-state index in [4.69, 9.17) is 5.73 Å². The summed E-state index contributed by atoms with van der Waals surface area (Å²) < 4.78 is 22.6. The van der Waals surface area contributed by atoms with E-state index < -0.39 is 9.84 Å². The third-order valence-corrected chi connectivity index (χ3v) is 4.51. The Kier molecular flexibility index (Phi) is 5.22. The molecule has 0 saturated heterocycles. The molecule has 21 heavy (non-hydrogen) atoms. The van der Waals surface area contributed by atoms with Gasteiger partial charge in [0.25, 0.3) is 0 Å². The van der Waals surface area contributed by atoms with E-state index in [1.807, 2.05) is 24.3 Å². The van der Waals surface area contributed by atoms with Gasteiger partial charge in [0, 0.05) is 12.8 Å². The molecule has 0 heterocycles. The van der Waals surface area contributed by atoms with Crippen LogP contribution in [0.1, 0.15) is 30.4 Å². The first kappa shape index (κ1) is 15.8. The Morgan fingerprint density at radius 1 is 1.38 bits per heavy atom. The van der Waals surface area contributed by atoms with Gasteiger partial charge in [0.05, 0.1) is 12.3 Å². The lowest BCUT2D eigenvalue weighted by atomic mass is 9.85. The highest BCUT2D eigenvalue weighted by Gasteiger charge is 2.16. The summed E-state index contributed by atoms with van der Waals surface area (Å²) in [6.07, 6.45) is 5.10. The molecule has 5 nitrogen and oxygen atoms in total. The maximum Gasteiger partial charge on any atom is 0.188 e. The van der Waals surface area contributed by atoms with E-state index in [9.17, 15) is 8.42 Å². The Morgan fingerprint density at radius 3 is 2.71 bits per heavy atom. The molecular weight excluding hydrogens is 286 g/mol. The summed E-state index contributed by atoms with van der Waals surface area (Å²) >= 11 is 0. The summed E-state index contributed by atoms with van der Waals surface area (Å²) in [7, 11) is -3.01. The first-order chi connectivity index (χ1) is 9.92. The van der Waals surface area contributed by atoms with Crippen molar-refractivity contribution < 1.29 is 8.42 Å². The van der Waals surface area contributed by atoms with Crippen molar-refractivity contribution in [2.75, 3.05) is 12.8 Å². The van der Waals surface area contributed by atoms with Crippen LogP contribution in [0.2, 0.25) is 0 Å². The molecule has 1 saturated carbocycles. The molecule has 0 aromatic heterocycles. The second-order valence-electron chi connectivity index (χ2n) is 5.77. The summed E-state index contributed by atoms with van der Waals surface area (Å²) in [4.78, 5) is 4.30. The van der Waals surface area contributed by atoms with Crippen LogP contribution in [0.3, 0.4) is 0 Å². The van der Waals surface area contributed by atoms with Gasteiger partial charge in [-0.15, -0.1) is 0 Å². The summed E-state index contributed by atoms with van der Waals surface area (Å²) in [5.74, 6) is 1.24. The smallest absolute Gasteiger partial charge is 0.188 e. The molecule has 0 amide bonds. The van der Waals surface area contributed by atoms with Crippen molar-refractivity contribution in [3.8, 4) is 0 Å². The van der Waals surface area contributed by atoms with Crippen LogP contribution in [0, 0.1) is 5.92 Å². The average molecular weight is 309 g/mol. The predicted molar refractivity (Wildman–Crippen MR) is 85.7 cm³/mol. The molecule has 1 fully saturated rings. The van der Waals surface area contributed by atoms with Crippen LogP contribution in [0.5, 0.6) is 0 Å². The van der Waals surface area contributed by atoms with E-state index in [-0.39, 0.29) is 5.75 Å². The fourth-order valence-corrected chi connectivity index (χ4v) is 3.08. The molecule has 2 rings (SSSR count). The molecular formula is C15H23N3O2S. The molecule has 1 aliphatic carbocycles. The fourth-order valence-electron chi connectivity index (χ4n) is 2.30. The predicted octanol–water partition coefficient (Wildman–Crippen LogP) is 1.44. The molecule has 116 valence electrons. The lowest BCUT2D eigenvalue weighted by Crippen LogP contribution is -2.37. The molecule has 0 atom stereocenters. The molecule has 3 N–H and O–H groups in total. The summed E-state index contributed by atoms with van der Waals surface area (Å²) in [6, 6.07) is 7.45. The van der Waals surface area contributed by atoms with Crippen LogP contribution in [-0.2, 0) is 22.1 Å². The number of aliphatic imine (C=N–C) groups is 1. The number of nitrogens with zero attached hydrogens (tertiary/aromatic N) is 1. The molecule has 0 radical (unpaired) electrons.